The molecular formula is C19H16F3N5OS. The van der Waals surface area contributed by atoms with Gasteiger partial charge in [0, 0.05) is 11.8 Å². The lowest BCUT2D eigenvalue weighted by atomic mass is 10.1. The van der Waals surface area contributed by atoms with Crippen molar-refractivity contribution >= 4 is 35.0 Å². The van der Waals surface area contributed by atoms with E-state index >= 15 is 0 Å². The molecule has 0 saturated carbocycles. The van der Waals surface area contributed by atoms with E-state index in [2.05, 4.69) is 15.3 Å². The van der Waals surface area contributed by atoms with Crippen LogP contribution in [0.2, 0.25) is 0 Å². The van der Waals surface area contributed by atoms with Gasteiger partial charge in [-0.15, -0.1) is 0 Å². The van der Waals surface area contributed by atoms with Crippen molar-refractivity contribution in [3.05, 3.63) is 71.8 Å². The molecular weight excluding hydrogens is 403 g/mol. The number of alkyl halides is 3. The van der Waals surface area contributed by atoms with Crippen LogP contribution < -0.4 is 16.8 Å². The summed E-state index contributed by atoms with van der Waals surface area (Å²) in [5.74, 6) is -0.250. The molecule has 3 aromatic rings. The molecule has 6 nitrogen and oxygen atoms in total. The topological polar surface area (TPSA) is 107 Å². The molecule has 0 aliphatic heterocycles. The molecule has 1 unspecified atom stereocenters. The third-order valence-electron chi connectivity index (χ3n) is 3.77. The SMILES string of the molecule is Nc1cc(N)nc(SC(C(=O)Nc2cccc(C(F)(F)F)c2)c2ccccc2)n1. The number of hydrogen-bond acceptors (Lipinski definition) is 6. The Balaban J connectivity index is 1.89. The lowest BCUT2D eigenvalue weighted by Gasteiger charge is -2.17. The fraction of sp³-hybridized carbons (Fsp3) is 0.105. The predicted molar refractivity (Wildman–Crippen MR) is 106 cm³/mol. The van der Waals surface area contributed by atoms with Gasteiger partial charge in [-0.25, -0.2) is 9.97 Å². The Morgan fingerprint density at radius 3 is 2.24 bits per heavy atom. The first-order valence-corrected chi connectivity index (χ1v) is 9.20. The van der Waals surface area contributed by atoms with Gasteiger partial charge in [-0.1, -0.05) is 48.2 Å². The fourth-order valence-electron chi connectivity index (χ4n) is 2.50. The van der Waals surface area contributed by atoms with Crippen molar-refractivity contribution in [3.63, 3.8) is 0 Å². The molecule has 0 radical (unpaired) electrons. The maximum Gasteiger partial charge on any atom is 0.416 e. The number of hydrogen-bond donors (Lipinski definition) is 3. The standard InChI is InChI=1S/C19H16F3N5OS/c20-19(21,22)12-7-4-8-13(9-12)25-17(28)16(11-5-2-1-3-6-11)29-18-26-14(23)10-15(24)27-18/h1-10,16H,(H,25,28)(H4,23,24,26,27). The number of nitrogens with zero attached hydrogens (tertiary/aromatic N) is 2. The van der Waals surface area contributed by atoms with Crippen molar-refractivity contribution in [1.29, 1.82) is 0 Å². The largest absolute Gasteiger partial charge is 0.416 e. The number of nitrogens with one attached hydrogen (secondary N) is 1. The number of rotatable bonds is 5. The van der Waals surface area contributed by atoms with E-state index in [1.807, 2.05) is 0 Å². The molecule has 0 spiro atoms. The van der Waals surface area contributed by atoms with Crippen LogP contribution in [0.15, 0.2) is 65.8 Å². The van der Waals surface area contributed by atoms with Crippen molar-refractivity contribution in [2.75, 3.05) is 16.8 Å². The lowest BCUT2D eigenvalue weighted by Crippen LogP contribution is -2.20. The predicted octanol–water partition coefficient (Wildman–Crippen LogP) is 4.13. The van der Waals surface area contributed by atoms with Crippen molar-refractivity contribution < 1.29 is 18.0 Å². The number of thioether (sulfide) groups is 1. The van der Waals surface area contributed by atoms with Crippen LogP contribution in [0, 0.1) is 0 Å². The number of nitrogen functional groups attached to an aromatic ring is 2. The summed E-state index contributed by atoms with van der Waals surface area (Å²) < 4.78 is 38.8. The molecule has 1 atom stereocenters. The zero-order valence-corrected chi connectivity index (χ0v) is 15.7. The summed E-state index contributed by atoms with van der Waals surface area (Å²) in [6.07, 6.45) is -4.51. The number of amides is 1. The number of carbonyl (C=O) groups is 1. The molecule has 0 aliphatic rings. The number of benzene rings is 2. The summed E-state index contributed by atoms with van der Waals surface area (Å²) in [5.41, 5.74) is 11.1. The molecule has 10 heteroatoms. The van der Waals surface area contributed by atoms with Gasteiger partial charge in [0.15, 0.2) is 5.16 Å². The van der Waals surface area contributed by atoms with E-state index in [4.69, 9.17) is 11.5 Å². The number of aromatic nitrogens is 2. The maximum atomic E-state index is 12.9. The van der Waals surface area contributed by atoms with Gasteiger partial charge >= 0.3 is 6.18 Å². The summed E-state index contributed by atoms with van der Waals surface area (Å²) in [4.78, 5) is 21.0. The smallest absolute Gasteiger partial charge is 0.383 e. The zero-order chi connectivity index (χ0) is 21.0. The molecule has 1 heterocycles. The Kier molecular flexibility index (Phi) is 5.92. The normalized spacial score (nSPS) is 12.4. The fourth-order valence-corrected chi connectivity index (χ4v) is 3.49. The summed E-state index contributed by atoms with van der Waals surface area (Å²) >= 11 is 0.991. The van der Waals surface area contributed by atoms with Crippen LogP contribution in [0.1, 0.15) is 16.4 Å². The Morgan fingerprint density at radius 1 is 0.966 bits per heavy atom. The van der Waals surface area contributed by atoms with Gasteiger partial charge in [0.05, 0.1) is 5.56 Å². The third-order valence-corrected chi connectivity index (χ3v) is 4.88. The monoisotopic (exact) mass is 419 g/mol. The van der Waals surface area contributed by atoms with Crippen LogP contribution in [-0.2, 0) is 11.0 Å². The highest BCUT2D eigenvalue weighted by Gasteiger charge is 2.31. The van der Waals surface area contributed by atoms with Gasteiger partial charge in [0.25, 0.3) is 0 Å². The maximum absolute atomic E-state index is 12.9. The second kappa shape index (κ2) is 8.39. The first-order chi connectivity index (χ1) is 13.7. The average Bonchev–Trinajstić information content (AvgIpc) is 2.65. The highest BCUT2D eigenvalue weighted by atomic mass is 32.2. The van der Waals surface area contributed by atoms with Crippen LogP contribution in [0.25, 0.3) is 0 Å². The zero-order valence-electron chi connectivity index (χ0n) is 14.9. The minimum absolute atomic E-state index is 0.0272. The van der Waals surface area contributed by atoms with E-state index in [1.165, 1.54) is 18.2 Å². The number of carbonyl (C=O) groups excluding carboxylic acids is 1. The van der Waals surface area contributed by atoms with Crippen molar-refractivity contribution in [2.24, 2.45) is 0 Å². The van der Waals surface area contributed by atoms with Crippen LogP contribution in [-0.4, -0.2) is 15.9 Å². The van der Waals surface area contributed by atoms with Gasteiger partial charge in [0.1, 0.15) is 16.9 Å². The minimum Gasteiger partial charge on any atom is -0.383 e. The van der Waals surface area contributed by atoms with Crippen molar-refractivity contribution in [1.82, 2.24) is 9.97 Å². The molecule has 2 aromatic carbocycles. The molecule has 1 amide bonds. The van der Waals surface area contributed by atoms with Crippen molar-refractivity contribution in [2.45, 2.75) is 16.6 Å². The average molecular weight is 419 g/mol. The number of halogens is 3. The van der Waals surface area contributed by atoms with E-state index < -0.39 is 22.9 Å². The van der Waals surface area contributed by atoms with Crippen LogP contribution >= 0.6 is 11.8 Å². The molecule has 0 saturated heterocycles. The second-order valence-electron chi connectivity index (χ2n) is 5.98. The highest BCUT2D eigenvalue weighted by molar-refractivity contribution is 8.00. The van der Waals surface area contributed by atoms with E-state index in [9.17, 15) is 18.0 Å². The molecule has 29 heavy (non-hydrogen) atoms. The van der Waals surface area contributed by atoms with Crippen LogP contribution in [0.3, 0.4) is 0 Å². The van der Waals surface area contributed by atoms with Crippen molar-refractivity contribution in [3.8, 4) is 0 Å². The van der Waals surface area contributed by atoms with Gasteiger partial charge in [-0.05, 0) is 23.8 Å². The molecule has 5 N–H and O–H groups in total. The number of nitrogens with two attached hydrogens (primary N) is 2. The van der Waals surface area contributed by atoms with E-state index in [-0.39, 0.29) is 22.5 Å². The molecule has 0 bridgehead atoms. The van der Waals surface area contributed by atoms with E-state index in [1.54, 1.807) is 30.3 Å². The van der Waals surface area contributed by atoms with Crippen LogP contribution in [0.4, 0.5) is 30.5 Å². The Hall–Kier alpha value is -3.27. The van der Waals surface area contributed by atoms with E-state index in [0.29, 0.717) is 5.56 Å². The van der Waals surface area contributed by atoms with E-state index in [0.717, 1.165) is 23.9 Å². The van der Waals surface area contributed by atoms with Gasteiger partial charge < -0.3 is 16.8 Å². The molecule has 1 aromatic heterocycles. The number of anilines is 3. The summed E-state index contributed by atoms with van der Waals surface area (Å²) in [7, 11) is 0. The quantitative estimate of drug-likeness (QED) is 0.424. The third kappa shape index (κ3) is 5.38. The Labute approximate surface area is 168 Å². The highest BCUT2D eigenvalue weighted by Crippen LogP contribution is 2.36. The summed E-state index contributed by atoms with van der Waals surface area (Å²) in [6, 6.07) is 14.5. The molecule has 3 rings (SSSR count). The summed E-state index contributed by atoms with van der Waals surface area (Å²) in [6.45, 7) is 0. The Morgan fingerprint density at radius 2 is 1.62 bits per heavy atom. The molecule has 0 fully saturated rings. The van der Waals surface area contributed by atoms with Gasteiger partial charge in [0.2, 0.25) is 5.91 Å². The molecule has 0 aliphatic carbocycles. The molecule has 150 valence electrons. The first-order valence-electron chi connectivity index (χ1n) is 8.32. The second-order valence-corrected chi connectivity index (χ2v) is 7.05. The van der Waals surface area contributed by atoms with Crippen LogP contribution in [0.5, 0.6) is 0 Å². The van der Waals surface area contributed by atoms with Gasteiger partial charge in [-0.2, -0.15) is 13.2 Å². The summed E-state index contributed by atoms with van der Waals surface area (Å²) in [5, 5.41) is 1.86. The first kappa shape index (κ1) is 20.5. The van der Waals surface area contributed by atoms with Gasteiger partial charge in [-0.3, -0.25) is 4.79 Å². The lowest BCUT2D eigenvalue weighted by molar-refractivity contribution is -0.137. The Bertz CT molecular complexity index is 994. The minimum atomic E-state index is -4.51.